The molecule has 7 heteroatoms. The van der Waals surface area contributed by atoms with Gasteiger partial charge in [-0.3, -0.25) is 0 Å². The van der Waals surface area contributed by atoms with Crippen LogP contribution in [0.1, 0.15) is 12.0 Å². The van der Waals surface area contributed by atoms with E-state index in [1.807, 2.05) is 0 Å². The first-order valence-electron chi connectivity index (χ1n) is 6.12. The fraction of sp³-hybridized carbons (Fsp3) is 0.500. The van der Waals surface area contributed by atoms with E-state index < -0.39 is 15.8 Å². The Kier molecular flexibility index (Phi) is 4.51. The Hall–Kier alpha value is -1.02. The van der Waals surface area contributed by atoms with Crippen LogP contribution in [0.5, 0.6) is 0 Å². The third kappa shape index (κ3) is 3.11. The second-order valence-corrected chi connectivity index (χ2v) is 6.27. The summed E-state index contributed by atoms with van der Waals surface area (Å²) < 4.78 is 44.8. The highest BCUT2D eigenvalue weighted by molar-refractivity contribution is 7.89. The summed E-state index contributed by atoms with van der Waals surface area (Å²) in [4.78, 5) is 0.0799. The van der Waals surface area contributed by atoms with Crippen molar-refractivity contribution >= 4 is 10.0 Å². The molecule has 0 saturated carbocycles. The van der Waals surface area contributed by atoms with Crippen molar-refractivity contribution in [2.24, 2.45) is 5.73 Å². The SMILES string of the molecule is NCc1cc(S(=O)(=O)N2CCCOCC2)ccc1F. The molecular formula is C12H17FN2O3S. The first-order chi connectivity index (χ1) is 9.05. The number of halogens is 1. The highest BCUT2D eigenvalue weighted by Gasteiger charge is 2.25. The quantitative estimate of drug-likeness (QED) is 0.888. The van der Waals surface area contributed by atoms with Crippen molar-refractivity contribution in [3.63, 3.8) is 0 Å². The zero-order valence-electron chi connectivity index (χ0n) is 10.5. The second kappa shape index (κ2) is 5.96. The van der Waals surface area contributed by atoms with Gasteiger partial charge in [-0.15, -0.1) is 0 Å². The van der Waals surface area contributed by atoms with Crippen LogP contribution in [0.3, 0.4) is 0 Å². The molecule has 2 rings (SSSR count). The molecule has 0 radical (unpaired) electrons. The van der Waals surface area contributed by atoms with E-state index in [0.29, 0.717) is 32.7 Å². The standard InChI is InChI=1S/C12H17FN2O3S/c13-12-3-2-11(8-10(12)9-14)19(16,17)15-4-1-6-18-7-5-15/h2-3,8H,1,4-7,9,14H2. The van der Waals surface area contributed by atoms with Crippen LogP contribution in [-0.4, -0.2) is 39.0 Å². The van der Waals surface area contributed by atoms with Crippen LogP contribution in [-0.2, 0) is 21.3 Å². The van der Waals surface area contributed by atoms with Crippen molar-refractivity contribution in [2.45, 2.75) is 17.9 Å². The molecule has 2 N–H and O–H groups in total. The largest absolute Gasteiger partial charge is 0.380 e. The monoisotopic (exact) mass is 288 g/mol. The summed E-state index contributed by atoms with van der Waals surface area (Å²) in [5.41, 5.74) is 5.60. The molecule has 1 saturated heterocycles. The number of hydrogen-bond donors (Lipinski definition) is 1. The van der Waals surface area contributed by atoms with Gasteiger partial charge in [-0.1, -0.05) is 0 Å². The molecule has 1 aromatic rings. The van der Waals surface area contributed by atoms with Gasteiger partial charge in [0.2, 0.25) is 10.0 Å². The molecular weight excluding hydrogens is 271 g/mol. The number of hydrogen-bond acceptors (Lipinski definition) is 4. The summed E-state index contributed by atoms with van der Waals surface area (Å²) in [5.74, 6) is -0.486. The third-order valence-corrected chi connectivity index (χ3v) is 4.95. The predicted molar refractivity (Wildman–Crippen MR) is 68.5 cm³/mol. The second-order valence-electron chi connectivity index (χ2n) is 4.33. The molecule has 19 heavy (non-hydrogen) atoms. The lowest BCUT2D eigenvalue weighted by molar-refractivity contribution is 0.148. The zero-order chi connectivity index (χ0) is 13.9. The maximum atomic E-state index is 13.4. The number of nitrogens with two attached hydrogens (primary N) is 1. The zero-order valence-corrected chi connectivity index (χ0v) is 11.3. The van der Waals surface area contributed by atoms with Crippen LogP contribution < -0.4 is 5.73 Å². The van der Waals surface area contributed by atoms with E-state index in [9.17, 15) is 12.8 Å². The van der Waals surface area contributed by atoms with Crippen LogP contribution in [0.4, 0.5) is 4.39 Å². The number of sulfonamides is 1. The average Bonchev–Trinajstić information content (AvgIpc) is 2.68. The van der Waals surface area contributed by atoms with E-state index in [1.165, 1.54) is 16.4 Å². The lowest BCUT2D eigenvalue weighted by Crippen LogP contribution is -2.33. The number of rotatable bonds is 3. The summed E-state index contributed by atoms with van der Waals surface area (Å²) >= 11 is 0. The van der Waals surface area contributed by atoms with Crippen LogP contribution in [0.25, 0.3) is 0 Å². The molecule has 0 amide bonds. The van der Waals surface area contributed by atoms with Gasteiger partial charge in [-0.05, 0) is 24.6 Å². The van der Waals surface area contributed by atoms with Crippen molar-refractivity contribution in [2.75, 3.05) is 26.3 Å². The topological polar surface area (TPSA) is 72.6 Å². The molecule has 1 aliphatic rings. The minimum Gasteiger partial charge on any atom is -0.380 e. The molecule has 106 valence electrons. The average molecular weight is 288 g/mol. The van der Waals surface area contributed by atoms with Crippen LogP contribution in [0, 0.1) is 5.82 Å². The maximum Gasteiger partial charge on any atom is 0.243 e. The Morgan fingerprint density at radius 2 is 2.11 bits per heavy atom. The van der Waals surface area contributed by atoms with Crippen molar-refractivity contribution in [3.05, 3.63) is 29.6 Å². The maximum absolute atomic E-state index is 13.4. The normalized spacial score (nSPS) is 18.2. The summed E-state index contributed by atoms with van der Waals surface area (Å²) in [7, 11) is -3.60. The molecule has 1 heterocycles. The molecule has 1 aromatic carbocycles. The molecule has 0 atom stereocenters. The third-order valence-electron chi connectivity index (χ3n) is 3.06. The van der Waals surface area contributed by atoms with Crippen molar-refractivity contribution < 1.29 is 17.5 Å². The van der Waals surface area contributed by atoms with E-state index in [2.05, 4.69) is 0 Å². The minimum absolute atomic E-state index is 0.0295. The number of benzene rings is 1. The van der Waals surface area contributed by atoms with Crippen LogP contribution >= 0.6 is 0 Å². The van der Waals surface area contributed by atoms with E-state index in [4.69, 9.17) is 10.5 Å². The highest BCUT2D eigenvalue weighted by Crippen LogP contribution is 2.20. The van der Waals surface area contributed by atoms with Gasteiger partial charge in [-0.2, -0.15) is 4.31 Å². The lowest BCUT2D eigenvalue weighted by Gasteiger charge is -2.19. The summed E-state index contributed by atoms with van der Waals surface area (Å²) in [5, 5.41) is 0. The van der Waals surface area contributed by atoms with Gasteiger partial charge < -0.3 is 10.5 Å². The van der Waals surface area contributed by atoms with Gasteiger partial charge in [0, 0.05) is 31.8 Å². The van der Waals surface area contributed by atoms with Gasteiger partial charge in [0.05, 0.1) is 11.5 Å². The molecule has 0 aromatic heterocycles. The number of ether oxygens (including phenoxy) is 1. The summed E-state index contributed by atoms with van der Waals surface area (Å²) in [6.07, 6.45) is 0.657. The molecule has 1 fully saturated rings. The Morgan fingerprint density at radius 1 is 1.32 bits per heavy atom. The molecule has 0 aliphatic carbocycles. The van der Waals surface area contributed by atoms with E-state index >= 15 is 0 Å². The lowest BCUT2D eigenvalue weighted by atomic mass is 10.2. The van der Waals surface area contributed by atoms with E-state index in [-0.39, 0.29) is 17.0 Å². The molecule has 1 aliphatic heterocycles. The van der Waals surface area contributed by atoms with Crippen molar-refractivity contribution in [1.29, 1.82) is 0 Å². The Morgan fingerprint density at radius 3 is 2.84 bits per heavy atom. The van der Waals surface area contributed by atoms with E-state index in [0.717, 1.165) is 6.07 Å². The van der Waals surface area contributed by atoms with Gasteiger partial charge in [0.1, 0.15) is 5.82 Å². The molecule has 5 nitrogen and oxygen atoms in total. The first kappa shape index (κ1) is 14.4. The summed E-state index contributed by atoms with van der Waals surface area (Å²) in [6.45, 7) is 1.64. The molecule has 0 bridgehead atoms. The Labute approximate surface area is 112 Å². The fourth-order valence-electron chi connectivity index (χ4n) is 1.98. The fourth-order valence-corrected chi connectivity index (χ4v) is 3.49. The summed E-state index contributed by atoms with van der Waals surface area (Å²) in [6, 6.07) is 3.72. The van der Waals surface area contributed by atoms with Gasteiger partial charge in [0.25, 0.3) is 0 Å². The highest BCUT2D eigenvalue weighted by atomic mass is 32.2. The van der Waals surface area contributed by atoms with Crippen LogP contribution in [0.15, 0.2) is 23.1 Å². The Bertz CT molecular complexity index is 540. The van der Waals surface area contributed by atoms with Gasteiger partial charge >= 0.3 is 0 Å². The van der Waals surface area contributed by atoms with Crippen molar-refractivity contribution in [1.82, 2.24) is 4.31 Å². The Balaban J connectivity index is 2.32. The molecule has 0 unspecified atom stereocenters. The van der Waals surface area contributed by atoms with Crippen LogP contribution in [0.2, 0.25) is 0 Å². The first-order valence-corrected chi connectivity index (χ1v) is 7.56. The van der Waals surface area contributed by atoms with Gasteiger partial charge in [-0.25, -0.2) is 12.8 Å². The van der Waals surface area contributed by atoms with Crippen molar-refractivity contribution in [3.8, 4) is 0 Å². The molecule has 0 spiro atoms. The smallest absolute Gasteiger partial charge is 0.243 e. The van der Waals surface area contributed by atoms with Gasteiger partial charge in [0.15, 0.2) is 0 Å². The minimum atomic E-state index is -3.60. The van der Waals surface area contributed by atoms with E-state index in [1.54, 1.807) is 0 Å². The predicted octanol–water partition coefficient (Wildman–Crippen LogP) is 0.695. The number of nitrogens with zero attached hydrogens (tertiary/aromatic N) is 1.